The quantitative estimate of drug-likeness (QED) is 0.413. The van der Waals surface area contributed by atoms with Gasteiger partial charge in [-0.15, -0.1) is 10.2 Å². The standard InChI is InChI=1S/C23H25N7O/c1-3-5-10-20(31)23-24-21(30(4-2)27-23)15-16-11-13-17(14-12-16)18-8-6-7-9-19(18)22-25-28-29-26-22/h6-9,11-14H,3-5,10,15H2,1-2H3,(H,25,26,28,29). The van der Waals surface area contributed by atoms with Crippen molar-refractivity contribution in [3.63, 3.8) is 0 Å². The van der Waals surface area contributed by atoms with Crippen LogP contribution >= 0.6 is 0 Å². The molecule has 0 aliphatic carbocycles. The van der Waals surface area contributed by atoms with Gasteiger partial charge in [0.25, 0.3) is 0 Å². The van der Waals surface area contributed by atoms with Crippen molar-refractivity contribution in [2.75, 3.05) is 0 Å². The molecule has 0 radical (unpaired) electrons. The number of ketones is 1. The molecule has 0 aliphatic rings. The van der Waals surface area contributed by atoms with Gasteiger partial charge in [0.1, 0.15) is 5.82 Å². The summed E-state index contributed by atoms with van der Waals surface area (Å²) in [6, 6.07) is 16.3. The monoisotopic (exact) mass is 415 g/mol. The van der Waals surface area contributed by atoms with Gasteiger partial charge < -0.3 is 0 Å². The van der Waals surface area contributed by atoms with E-state index in [0.717, 1.165) is 40.9 Å². The molecule has 2 aromatic carbocycles. The van der Waals surface area contributed by atoms with Crippen LogP contribution in [-0.4, -0.2) is 41.2 Å². The summed E-state index contributed by atoms with van der Waals surface area (Å²) in [5.41, 5.74) is 4.18. The number of carbonyl (C=O) groups excluding carboxylic acids is 1. The topological polar surface area (TPSA) is 102 Å². The smallest absolute Gasteiger partial charge is 0.217 e. The number of rotatable bonds is 9. The molecule has 0 atom stereocenters. The van der Waals surface area contributed by atoms with E-state index < -0.39 is 0 Å². The lowest BCUT2D eigenvalue weighted by Gasteiger charge is -2.08. The Morgan fingerprint density at radius 1 is 1.03 bits per heavy atom. The molecule has 0 saturated heterocycles. The van der Waals surface area contributed by atoms with Crippen LogP contribution in [0.2, 0.25) is 0 Å². The molecule has 31 heavy (non-hydrogen) atoms. The number of benzene rings is 2. The van der Waals surface area contributed by atoms with E-state index in [1.165, 1.54) is 0 Å². The van der Waals surface area contributed by atoms with Gasteiger partial charge in [0.2, 0.25) is 11.6 Å². The number of aryl methyl sites for hydroxylation is 1. The lowest BCUT2D eigenvalue weighted by molar-refractivity contribution is 0.0969. The molecule has 0 aliphatic heterocycles. The summed E-state index contributed by atoms with van der Waals surface area (Å²) >= 11 is 0. The van der Waals surface area contributed by atoms with Crippen molar-refractivity contribution in [3.8, 4) is 22.5 Å². The summed E-state index contributed by atoms with van der Waals surface area (Å²) < 4.78 is 1.82. The maximum absolute atomic E-state index is 12.3. The van der Waals surface area contributed by atoms with Gasteiger partial charge in [-0.1, -0.05) is 61.9 Å². The minimum atomic E-state index is 0.0177. The van der Waals surface area contributed by atoms with E-state index in [-0.39, 0.29) is 5.78 Å². The molecule has 2 heterocycles. The summed E-state index contributed by atoms with van der Waals surface area (Å²) in [4.78, 5) is 16.8. The number of hydrogen-bond donors (Lipinski definition) is 1. The summed E-state index contributed by atoms with van der Waals surface area (Å²) in [5.74, 6) is 1.79. The second kappa shape index (κ2) is 9.42. The highest BCUT2D eigenvalue weighted by atomic mass is 16.1. The van der Waals surface area contributed by atoms with E-state index in [1.807, 2.05) is 29.8 Å². The number of aromatic nitrogens is 7. The fourth-order valence-corrected chi connectivity index (χ4v) is 3.52. The summed E-state index contributed by atoms with van der Waals surface area (Å²) in [5, 5.41) is 18.6. The normalized spacial score (nSPS) is 11.0. The third kappa shape index (κ3) is 4.58. The number of hydrogen-bond acceptors (Lipinski definition) is 6. The first-order chi connectivity index (χ1) is 15.2. The number of carbonyl (C=O) groups is 1. The van der Waals surface area contributed by atoms with Gasteiger partial charge in [0, 0.05) is 24.9 Å². The molecule has 4 rings (SSSR count). The number of nitrogens with zero attached hydrogens (tertiary/aromatic N) is 6. The highest BCUT2D eigenvalue weighted by Gasteiger charge is 2.16. The van der Waals surface area contributed by atoms with Crippen LogP contribution in [0.4, 0.5) is 0 Å². The van der Waals surface area contributed by atoms with Gasteiger partial charge >= 0.3 is 0 Å². The van der Waals surface area contributed by atoms with Gasteiger partial charge in [-0.05, 0) is 40.5 Å². The molecule has 2 aromatic heterocycles. The van der Waals surface area contributed by atoms with Crippen LogP contribution in [0, 0.1) is 0 Å². The van der Waals surface area contributed by atoms with Crippen LogP contribution in [0.15, 0.2) is 48.5 Å². The minimum Gasteiger partial charge on any atom is -0.291 e. The molecule has 8 heteroatoms. The number of tetrazole rings is 1. The van der Waals surface area contributed by atoms with Crippen LogP contribution in [0.5, 0.6) is 0 Å². The van der Waals surface area contributed by atoms with E-state index in [0.29, 0.717) is 31.0 Å². The van der Waals surface area contributed by atoms with Crippen molar-refractivity contribution >= 4 is 5.78 Å². The first-order valence-corrected chi connectivity index (χ1v) is 10.6. The molecule has 0 spiro atoms. The Balaban J connectivity index is 1.55. The molecule has 1 N–H and O–H groups in total. The summed E-state index contributed by atoms with van der Waals surface area (Å²) in [6.45, 7) is 4.76. The maximum atomic E-state index is 12.3. The molecule has 0 amide bonds. The van der Waals surface area contributed by atoms with E-state index in [2.05, 4.69) is 68.0 Å². The molecule has 0 fully saturated rings. The predicted molar refractivity (Wildman–Crippen MR) is 117 cm³/mol. The van der Waals surface area contributed by atoms with E-state index in [9.17, 15) is 4.79 Å². The average molecular weight is 416 g/mol. The van der Waals surface area contributed by atoms with Crippen LogP contribution in [0.3, 0.4) is 0 Å². The van der Waals surface area contributed by atoms with Gasteiger partial charge in [0.05, 0.1) is 0 Å². The first-order valence-electron chi connectivity index (χ1n) is 10.6. The van der Waals surface area contributed by atoms with Crippen molar-refractivity contribution in [1.82, 2.24) is 35.4 Å². The van der Waals surface area contributed by atoms with Gasteiger partial charge in [0.15, 0.2) is 5.82 Å². The third-order valence-corrected chi connectivity index (χ3v) is 5.21. The Labute approximate surface area is 180 Å². The molecule has 0 saturated carbocycles. The van der Waals surface area contributed by atoms with E-state index >= 15 is 0 Å². The van der Waals surface area contributed by atoms with Crippen LogP contribution in [0.1, 0.15) is 55.1 Å². The largest absolute Gasteiger partial charge is 0.291 e. The van der Waals surface area contributed by atoms with Crippen LogP contribution in [0.25, 0.3) is 22.5 Å². The molecule has 0 bridgehead atoms. The zero-order valence-electron chi connectivity index (χ0n) is 17.7. The van der Waals surface area contributed by atoms with Crippen LogP contribution in [-0.2, 0) is 13.0 Å². The summed E-state index contributed by atoms with van der Waals surface area (Å²) in [7, 11) is 0. The SMILES string of the molecule is CCCCC(=O)c1nc(Cc2ccc(-c3ccccc3-c3nnn[nH]3)cc2)n(CC)n1. The Bertz CT molecular complexity index is 1150. The number of aromatic amines is 1. The Morgan fingerprint density at radius 3 is 2.48 bits per heavy atom. The van der Waals surface area contributed by atoms with Crippen molar-refractivity contribution < 1.29 is 4.79 Å². The van der Waals surface area contributed by atoms with Gasteiger partial charge in [-0.2, -0.15) is 0 Å². The fourth-order valence-electron chi connectivity index (χ4n) is 3.52. The number of Topliss-reactive ketones (excluding diaryl/α,β-unsaturated/α-hetero) is 1. The second-order valence-electron chi connectivity index (χ2n) is 7.36. The molecule has 4 aromatic rings. The Kier molecular flexibility index (Phi) is 6.26. The van der Waals surface area contributed by atoms with Gasteiger partial charge in [-0.3, -0.25) is 4.79 Å². The Hall–Kier alpha value is -3.68. The molecule has 0 unspecified atom stereocenters. The minimum absolute atomic E-state index is 0.0177. The maximum Gasteiger partial charge on any atom is 0.217 e. The van der Waals surface area contributed by atoms with Crippen LogP contribution < -0.4 is 0 Å². The third-order valence-electron chi connectivity index (χ3n) is 5.21. The lowest BCUT2D eigenvalue weighted by Crippen LogP contribution is -2.05. The molecule has 8 nitrogen and oxygen atoms in total. The highest BCUT2D eigenvalue weighted by molar-refractivity contribution is 5.92. The average Bonchev–Trinajstić information content (AvgIpc) is 3.48. The van der Waals surface area contributed by atoms with E-state index in [1.54, 1.807) is 0 Å². The second-order valence-corrected chi connectivity index (χ2v) is 7.36. The van der Waals surface area contributed by atoms with Crippen molar-refractivity contribution in [2.45, 2.75) is 46.1 Å². The Morgan fingerprint density at radius 2 is 1.81 bits per heavy atom. The number of unbranched alkanes of at least 4 members (excludes halogenated alkanes) is 1. The molecular formula is C23H25N7O. The molecular weight excluding hydrogens is 390 g/mol. The van der Waals surface area contributed by atoms with Gasteiger partial charge in [-0.25, -0.2) is 14.8 Å². The predicted octanol–water partition coefficient (Wildman–Crippen LogP) is 4.11. The number of H-pyrrole nitrogens is 1. The van der Waals surface area contributed by atoms with Crippen molar-refractivity contribution in [2.24, 2.45) is 0 Å². The zero-order valence-corrected chi connectivity index (χ0v) is 17.7. The zero-order chi connectivity index (χ0) is 21.6. The number of nitrogens with one attached hydrogen (secondary N) is 1. The van der Waals surface area contributed by atoms with Crippen molar-refractivity contribution in [3.05, 3.63) is 65.7 Å². The first kappa shape index (κ1) is 20.6. The summed E-state index contributed by atoms with van der Waals surface area (Å²) in [6.07, 6.45) is 2.96. The molecule has 158 valence electrons. The fraction of sp³-hybridized carbons (Fsp3) is 0.304. The lowest BCUT2D eigenvalue weighted by atomic mass is 9.98. The highest BCUT2D eigenvalue weighted by Crippen LogP contribution is 2.29. The van der Waals surface area contributed by atoms with E-state index in [4.69, 9.17) is 0 Å². The van der Waals surface area contributed by atoms with Crippen molar-refractivity contribution in [1.29, 1.82) is 0 Å².